The minimum Gasteiger partial charge on any atom is -0.462 e. The molecule has 29 heavy (non-hydrogen) atoms. The van der Waals surface area contributed by atoms with E-state index in [2.05, 4.69) is 4.98 Å². The van der Waals surface area contributed by atoms with Gasteiger partial charge in [-0.15, -0.1) is 0 Å². The van der Waals surface area contributed by atoms with E-state index in [9.17, 15) is 27.5 Å². The molecule has 5 nitrogen and oxygen atoms in total. The van der Waals surface area contributed by atoms with E-state index < -0.39 is 30.1 Å². The van der Waals surface area contributed by atoms with Crippen LogP contribution in [0.4, 0.5) is 17.6 Å². The van der Waals surface area contributed by atoms with E-state index in [1.807, 2.05) is 0 Å². The summed E-state index contributed by atoms with van der Waals surface area (Å²) in [6.07, 6.45) is 0.0503. The van der Waals surface area contributed by atoms with Crippen LogP contribution >= 0.6 is 0 Å². The quantitative estimate of drug-likeness (QED) is 0.557. The highest BCUT2D eigenvalue weighted by Gasteiger charge is 2.38. The molecule has 1 saturated carbocycles. The van der Waals surface area contributed by atoms with Crippen LogP contribution in [0.1, 0.15) is 67.0 Å². The molecule has 0 atom stereocenters. The Labute approximate surface area is 165 Å². The van der Waals surface area contributed by atoms with Gasteiger partial charge in [0.15, 0.2) is 0 Å². The molecule has 2 aromatic heterocycles. The van der Waals surface area contributed by atoms with Gasteiger partial charge in [-0.1, -0.05) is 0 Å². The summed E-state index contributed by atoms with van der Waals surface area (Å²) in [6, 6.07) is 2.72. The molecule has 0 amide bonds. The van der Waals surface area contributed by atoms with Gasteiger partial charge in [0, 0.05) is 19.8 Å². The molecule has 2 aromatic rings. The van der Waals surface area contributed by atoms with Crippen molar-refractivity contribution in [3.05, 3.63) is 34.8 Å². The average molecular weight is 416 g/mol. The number of imidazole rings is 1. The minimum atomic E-state index is -3.27. The number of hydrogen-bond acceptors (Lipinski definition) is 4. The Morgan fingerprint density at radius 3 is 2.55 bits per heavy atom. The molecule has 0 aromatic carbocycles. The van der Waals surface area contributed by atoms with E-state index in [1.165, 1.54) is 16.5 Å². The van der Waals surface area contributed by atoms with Gasteiger partial charge in [-0.3, -0.25) is 4.40 Å². The van der Waals surface area contributed by atoms with Crippen LogP contribution < -0.4 is 0 Å². The molecule has 0 unspecified atom stereocenters. The molecular formula is C20H24F4N2O3. The number of aliphatic hydroxyl groups excluding tert-OH is 1. The summed E-state index contributed by atoms with van der Waals surface area (Å²) < 4.78 is 61.9. The Hall–Kier alpha value is -2.16. The monoisotopic (exact) mass is 416 g/mol. The SMILES string of the molecule is CCOC(=O)c1cc(CO)n2c(CC3CCC(F)(F)CC3)c(C(C)(F)F)nc2c1. The van der Waals surface area contributed by atoms with Gasteiger partial charge >= 0.3 is 5.97 Å². The highest BCUT2D eigenvalue weighted by molar-refractivity contribution is 5.90. The third-order valence-electron chi connectivity index (χ3n) is 5.30. The predicted molar refractivity (Wildman–Crippen MR) is 97.2 cm³/mol. The number of fused-ring (bicyclic) bond motifs is 1. The second kappa shape index (κ2) is 7.93. The third kappa shape index (κ3) is 4.55. The van der Waals surface area contributed by atoms with E-state index in [0.717, 1.165) is 6.92 Å². The summed E-state index contributed by atoms with van der Waals surface area (Å²) in [6.45, 7) is 1.99. The van der Waals surface area contributed by atoms with Crippen LogP contribution in [-0.2, 0) is 23.7 Å². The summed E-state index contributed by atoms with van der Waals surface area (Å²) in [5.41, 5.74) is 0.118. The molecule has 1 aliphatic carbocycles. The van der Waals surface area contributed by atoms with Crippen molar-refractivity contribution < 1.29 is 32.2 Å². The van der Waals surface area contributed by atoms with Crippen molar-refractivity contribution >= 4 is 11.6 Å². The molecule has 0 spiro atoms. The van der Waals surface area contributed by atoms with Crippen molar-refractivity contribution in [3.63, 3.8) is 0 Å². The van der Waals surface area contributed by atoms with Gasteiger partial charge < -0.3 is 9.84 Å². The number of alkyl halides is 4. The maximum absolute atomic E-state index is 14.3. The number of esters is 1. The number of aromatic nitrogens is 2. The van der Waals surface area contributed by atoms with Gasteiger partial charge in [-0.05, 0) is 44.2 Å². The van der Waals surface area contributed by atoms with E-state index in [1.54, 1.807) is 6.92 Å². The maximum atomic E-state index is 14.3. The van der Waals surface area contributed by atoms with Crippen LogP contribution in [0.5, 0.6) is 0 Å². The predicted octanol–water partition coefficient (Wildman–Crippen LogP) is 4.48. The van der Waals surface area contributed by atoms with Crippen molar-refractivity contribution in [2.45, 2.75) is 64.4 Å². The van der Waals surface area contributed by atoms with Crippen LogP contribution in [0.25, 0.3) is 5.65 Å². The van der Waals surface area contributed by atoms with Gasteiger partial charge in [0.25, 0.3) is 5.92 Å². The number of carbonyl (C=O) groups excluding carboxylic acids is 1. The fourth-order valence-corrected chi connectivity index (χ4v) is 3.88. The maximum Gasteiger partial charge on any atom is 0.338 e. The lowest BCUT2D eigenvalue weighted by Crippen LogP contribution is -2.26. The van der Waals surface area contributed by atoms with Crippen LogP contribution in [0, 0.1) is 5.92 Å². The second-order valence-electron chi connectivity index (χ2n) is 7.61. The number of carbonyl (C=O) groups is 1. The first-order valence-electron chi connectivity index (χ1n) is 9.64. The molecule has 1 fully saturated rings. The number of aliphatic hydroxyl groups is 1. The van der Waals surface area contributed by atoms with E-state index in [0.29, 0.717) is 0 Å². The molecule has 1 N–H and O–H groups in total. The molecule has 3 rings (SSSR count). The lowest BCUT2D eigenvalue weighted by atomic mass is 9.83. The van der Waals surface area contributed by atoms with Gasteiger partial charge in [0.1, 0.15) is 11.3 Å². The second-order valence-corrected chi connectivity index (χ2v) is 7.61. The Kier molecular flexibility index (Phi) is 5.89. The van der Waals surface area contributed by atoms with Crippen molar-refractivity contribution in [3.8, 4) is 0 Å². The van der Waals surface area contributed by atoms with Gasteiger partial charge in [-0.2, -0.15) is 8.78 Å². The van der Waals surface area contributed by atoms with Crippen molar-refractivity contribution in [2.75, 3.05) is 6.61 Å². The van der Waals surface area contributed by atoms with Gasteiger partial charge in [-0.25, -0.2) is 18.6 Å². The van der Waals surface area contributed by atoms with Gasteiger partial charge in [0.2, 0.25) is 5.92 Å². The number of nitrogens with zero attached hydrogens (tertiary/aromatic N) is 2. The number of hydrogen-bond donors (Lipinski definition) is 1. The lowest BCUT2D eigenvalue weighted by molar-refractivity contribution is -0.0460. The highest BCUT2D eigenvalue weighted by Crippen LogP contribution is 2.39. The summed E-state index contributed by atoms with van der Waals surface area (Å²) in [5.74, 6) is -6.81. The molecule has 1 aliphatic rings. The smallest absolute Gasteiger partial charge is 0.338 e. The van der Waals surface area contributed by atoms with Crippen LogP contribution in [0.3, 0.4) is 0 Å². The molecule has 0 saturated heterocycles. The van der Waals surface area contributed by atoms with Gasteiger partial charge in [0.05, 0.1) is 30.2 Å². The number of rotatable bonds is 6. The van der Waals surface area contributed by atoms with Crippen molar-refractivity contribution in [1.82, 2.24) is 9.38 Å². The molecular weight excluding hydrogens is 392 g/mol. The summed E-state index contributed by atoms with van der Waals surface area (Å²) >= 11 is 0. The first kappa shape index (κ1) is 21.5. The fourth-order valence-electron chi connectivity index (χ4n) is 3.88. The number of ether oxygens (including phenoxy) is 1. The summed E-state index contributed by atoms with van der Waals surface area (Å²) in [5, 5.41) is 9.80. The standard InChI is InChI=1S/C20H24F4N2O3/c1-3-29-18(28)13-9-14(11-27)26-15(8-12-4-6-20(23,24)7-5-12)17(19(2,21)22)25-16(26)10-13/h9-10,12,27H,3-8,11H2,1-2H3. The normalized spacial score (nSPS) is 17.6. The topological polar surface area (TPSA) is 63.8 Å². The average Bonchev–Trinajstić information content (AvgIpc) is 3.02. The van der Waals surface area contributed by atoms with Crippen LogP contribution in [-0.4, -0.2) is 33.0 Å². The molecule has 0 radical (unpaired) electrons. The first-order chi connectivity index (χ1) is 13.6. The summed E-state index contributed by atoms with van der Waals surface area (Å²) in [4.78, 5) is 16.1. The Balaban J connectivity index is 2.08. The zero-order chi connectivity index (χ0) is 21.4. The van der Waals surface area contributed by atoms with Crippen molar-refractivity contribution in [1.29, 1.82) is 0 Å². The Bertz CT molecular complexity index is 895. The lowest BCUT2D eigenvalue weighted by Gasteiger charge is -2.28. The zero-order valence-electron chi connectivity index (χ0n) is 16.4. The summed E-state index contributed by atoms with van der Waals surface area (Å²) in [7, 11) is 0. The van der Waals surface area contributed by atoms with Crippen LogP contribution in [0.2, 0.25) is 0 Å². The minimum absolute atomic E-state index is 0.0901. The number of halogens is 4. The molecule has 160 valence electrons. The van der Waals surface area contributed by atoms with E-state index >= 15 is 0 Å². The molecule has 0 bridgehead atoms. The molecule has 9 heteroatoms. The van der Waals surface area contributed by atoms with Crippen LogP contribution in [0.15, 0.2) is 12.1 Å². The molecule has 0 aliphatic heterocycles. The zero-order valence-corrected chi connectivity index (χ0v) is 16.4. The van der Waals surface area contributed by atoms with E-state index in [4.69, 9.17) is 4.74 Å². The third-order valence-corrected chi connectivity index (χ3v) is 5.30. The fraction of sp³-hybridized carbons (Fsp3) is 0.600. The largest absolute Gasteiger partial charge is 0.462 e. The van der Waals surface area contributed by atoms with E-state index in [-0.39, 0.29) is 67.2 Å². The Morgan fingerprint density at radius 1 is 1.34 bits per heavy atom. The first-order valence-corrected chi connectivity index (χ1v) is 9.64. The highest BCUT2D eigenvalue weighted by atomic mass is 19.3. The Morgan fingerprint density at radius 2 is 2.00 bits per heavy atom. The van der Waals surface area contributed by atoms with Crippen molar-refractivity contribution in [2.24, 2.45) is 5.92 Å². The number of pyridine rings is 1. The molecule has 2 heterocycles.